The number of hydrogen-bond acceptors (Lipinski definition) is 3. The molecule has 3 heteroatoms. The molecular weight excluding hydrogens is 260 g/mol. The quantitative estimate of drug-likeness (QED) is 0.806. The van der Waals surface area contributed by atoms with Gasteiger partial charge in [-0.25, -0.2) is 0 Å². The Morgan fingerprint density at radius 3 is 2.76 bits per heavy atom. The summed E-state index contributed by atoms with van der Waals surface area (Å²) < 4.78 is 5.93. The molecular formula is C18H24N2O. The highest BCUT2D eigenvalue weighted by Gasteiger charge is 2.03. The lowest BCUT2D eigenvalue weighted by Gasteiger charge is -2.13. The van der Waals surface area contributed by atoms with Gasteiger partial charge in [0, 0.05) is 30.9 Å². The standard InChI is InChI=1S/C18H24N2O/c1-15(2)12-20-14-17-7-3-4-8-18(17)21-11-9-16-6-5-10-19-13-16/h3-8,10,13,15,20H,9,11-12,14H2,1-2H3. The van der Waals surface area contributed by atoms with Crippen molar-refractivity contribution in [2.45, 2.75) is 26.8 Å². The minimum Gasteiger partial charge on any atom is -0.493 e. The molecule has 0 aliphatic heterocycles. The molecule has 0 aliphatic rings. The van der Waals surface area contributed by atoms with E-state index >= 15 is 0 Å². The van der Waals surface area contributed by atoms with Crippen molar-refractivity contribution in [2.75, 3.05) is 13.2 Å². The van der Waals surface area contributed by atoms with Crippen LogP contribution in [-0.4, -0.2) is 18.1 Å². The Balaban J connectivity index is 1.84. The Morgan fingerprint density at radius 1 is 1.14 bits per heavy atom. The maximum absolute atomic E-state index is 5.93. The summed E-state index contributed by atoms with van der Waals surface area (Å²) in [6.45, 7) is 6.96. The van der Waals surface area contributed by atoms with Gasteiger partial charge < -0.3 is 10.1 Å². The first kappa shape index (κ1) is 15.5. The van der Waals surface area contributed by atoms with Crippen LogP contribution in [0.25, 0.3) is 0 Å². The first-order valence-corrected chi connectivity index (χ1v) is 7.56. The number of nitrogens with zero attached hydrogens (tertiary/aromatic N) is 1. The fraction of sp³-hybridized carbons (Fsp3) is 0.389. The average Bonchev–Trinajstić information content (AvgIpc) is 2.49. The van der Waals surface area contributed by atoms with Gasteiger partial charge in [0.05, 0.1) is 6.61 Å². The lowest BCUT2D eigenvalue weighted by Crippen LogP contribution is -2.19. The number of para-hydroxylation sites is 1. The zero-order valence-electron chi connectivity index (χ0n) is 12.9. The third-order valence-corrected chi connectivity index (χ3v) is 3.21. The summed E-state index contributed by atoms with van der Waals surface area (Å²) in [5, 5.41) is 3.46. The summed E-state index contributed by atoms with van der Waals surface area (Å²) in [7, 11) is 0. The smallest absolute Gasteiger partial charge is 0.123 e. The minimum absolute atomic E-state index is 0.656. The van der Waals surface area contributed by atoms with Gasteiger partial charge in [-0.2, -0.15) is 0 Å². The van der Waals surface area contributed by atoms with E-state index in [-0.39, 0.29) is 0 Å². The van der Waals surface area contributed by atoms with Gasteiger partial charge in [-0.05, 0) is 30.2 Å². The van der Waals surface area contributed by atoms with E-state index in [1.807, 2.05) is 24.4 Å². The van der Waals surface area contributed by atoms with Gasteiger partial charge in [0.1, 0.15) is 5.75 Å². The van der Waals surface area contributed by atoms with Crippen LogP contribution in [0.5, 0.6) is 5.75 Å². The van der Waals surface area contributed by atoms with Gasteiger partial charge in [-0.15, -0.1) is 0 Å². The van der Waals surface area contributed by atoms with E-state index < -0.39 is 0 Å². The number of aromatic nitrogens is 1. The van der Waals surface area contributed by atoms with Crippen molar-refractivity contribution in [3.05, 3.63) is 59.9 Å². The number of rotatable bonds is 8. The molecule has 0 bridgehead atoms. The molecule has 2 aromatic rings. The van der Waals surface area contributed by atoms with Gasteiger partial charge >= 0.3 is 0 Å². The van der Waals surface area contributed by atoms with Crippen LogP contribution in [0.1, 0.15) is 25.0 Å². The minimum atomic E-state index is 0.656. The van der Waals surface area contributed by atoms with Crippen LogP contribution >= 0.6 is 0 Å². The summed E-state index contributed by atoms with van der Waals surface area (Å²) >= 11 is 0. The molecule has 2 rings (SSSR count). The Labute approximate surface area is 127 Å². The monoisotopic (exact) mass is 284 g/mol. The largest absolute Gasteiger partial charge is 0.493 e. The Morgan fingerprint density at radius 2 is 2.00 bits per heavy atom. The van der Waals surface area contributed by atoms with Gasteiger partial charge in [-0.1, -0.05) is 38.1 Å². The van der Waals surface area contributed by atoms with E-state index in [1.165, 1.54) is 11.1 Å². The van der Waals surface area contributed by atoms with Crippen LogP contribution in [-0.2, 0) is 13.0 Å². The highest BCUT2D eigenvalue weighted by atomic mass is 16.5. The maximum Gasteiger partial charge on any atom is 0.123 e. The van der Waals surface area contributed by atoms with Crippen molar-refractivity contribution in [3.63, 3.8) is 0 Å². The fourth-order valence-electron chi connectivity index (χ4n) is 2.11. The van der Waals surface area contributed by atoms with Crippen molar-refractivity contribution < 1.29 is 4.74 Å². The summed E-state index contributed by atoms with van der Waals surface area (Å²) in [6.07, 6.45) is 4.56. The highest BCUT2D eigenvalue weighted by Crippen LogP contribution is 2.18. The Hall–Kier alpha value is -1.87. The Kier molecular flexibility index (Phi) is 6.22. The molecule has 0 radical (unpaired) electrons. The third kappa shape index (κ3) is 5.56. The topological polar surface area (TPSA) is 34.1 Å². The van der Waals surface area contributed by atoms with Gasteiger partial charge in [-0.3, -0.25) is 4.98 Å². The summed E-state index contributed by atoms with van der Waals surface area (Å²) in [5.74, 6) is 1.63. The third-order valence-electron chi connectivity index (χ3n) is 3.21. The molecule has 112 valence electrons. The van der Waals surface area contributed by atoms with Crippen molar-refractivity contribution in [3.8, 4) is 5.75 Å². The molecule has 0 saturated heterocycles. The SMILES string of the molecule is CC(C)CNCc1ccccc1OCCc1cccnc1. The number of pyridine rings is 1. The van der Waals surface area contributed by atoms with Crippen LogP contribution in [0.15, 0.2) is 48.8 Å². The van der Waals surface area contributed by atoms with Crippen molar-refractivity contribution in [1.29, 1.82) is 0 Å². The number of hydrogen-bond donors (Lipinski definition) is 1. The zero-order chi connectivity index (χ0) is 14.9. The van der Waals surface area contributed by atoms with E-state index in [0.29, 0.717) is 12.5 Å². The molecule has 1 N–H and O–H groups in total. The van der Waals surface area contributed by atoms with E-state index in [4.69, 9.17) is 4.74 Å². The number of nitrogens with one attached hydrogen (secondary N) is 1. The van der Waals surface area contributed by atoms with Gasteiger partial charge in [0.15, 0.2) is 0 Å². The predicted molar refractivity (Wildman–Crippen MR) is 86.4 cm³/mol. The summed E-state index contributed by atoms with van der Waals surface area (Å²) in [4.78, 5) is 4.12. The fourth-order valence-corrected chi connectivity index (χ4v) is 2.11. The normalized spacial score (nSPS) is 10.8. The van der Waals surface area contributed by atoms with Crippen LogP contribution in [0.4, 0.5) is 0 Å². The van der Waals surface area contributed by atoms with Crippen LogP contribution in [0, 0.1) is 5.92 Å². The van der Waals surface area contributed by atoms with E-state index in [2.05, 4.69) is 42.3 Å². The lowest BCUT2D eigenvalue weighted by molar-refractivity contribution is 0.317. The molecule has 0 fully saturated rings. The lowest BCUT2D eigenvalue weighted by atomic mass is 10.1. The molecule has 1 aromatic carbocycles. The molecule has 0 spiro atoms. The Bertz CT molecular complexity index is 526. The van der Waals surface area contributed by atoms with Crippen molar-refractivity contribution in [1.82, 2.24) is 10.3 Å². The second-order valence-corrected chi connectivity index (χ2v) is 5.59. The van der Waals surface area contributed by atoms with Crippen molar-refractivity contribution >= 4 is 0 Å². The first-order valence-electron chi connectivity index (χ1n) is 7.56. The van der Waals surface area contributed by atoms with Crippen LogP contribution in [0.2, 0.25) is 0 Å². The molecule has 0 aliphatic carbocycles. The molecule has 1 aromatic heterocycles. The molecule has 3 nitrogen and oxygen atoms in total. The van der Waals surface area contributed by atoms with E-state index in [0.717, 1.165) is 25.3 Å². The number of ether oxygens (including phenoxy) is 1. The molecule has 0 unspecified atom stereocenters. The average molecular weight is 284 g/mol. The van der Waals surface area contributed by atoms with Gasteiger partial charge in [0.25, 0.3) is 0 Å². The summed E-state index contributed by atoms with van der Waals surface area (Å²) in [5.41, 5.74) is 2.41. The van der Waals surface area contributed by atoms with Crippen LogP contribution in [0.3, 0.4) is 0 Å². The summed E-state index contributed by atoms with van der Waals surface area (Å²) in [6, 6.07) is 12.3. The van der Waals surface area contributed by atoms with Gasteiger partial charge in [0.2, 0.25) is 0 Å². The molecule has 1 heterocycles. The maximum atomic E-state index is 5.93. The predicted octanol–water partition coefficient (Wildman–Crippen LogP) is 3.45. The first-order chi connectivity index (χ1) is 10.3. The number of benzene rings is 1. The highest BCUT2D eigenvalue weighted by molar-refractivity contribution is 5.33. The van der Waals surface area contributed by atoms with Crippen LogP contribution < -0.4 is 10.1 Å². The van der Waals surface area contributed by atoms with E-state index in [1.54, 1.807) is 6.20 Å². The second-order valence-electron chi connectivity index (χ2n) is 5.59. The van der Waals surface area contributed by atoms with Crippen molar-refractivity contribution in [2.24, 2.45) is 5.92 Å². The molecule has 21 heavy (non-hydrogen) atoms. The van der Waals surface area contributed by atoms with E-state index in [9.17, 15) is 0 Å². The molecule has 0 atom stereocenters. The zero-order valence-corrected chi connectivity index (χ0v) is 12.9. The second kappa shape index (κ2) is 8.42. The molecule has 0 amide bonds. The molecule has 0 saturated carbocycles.